The predicted octanol–water partition coefficient (Wildman–Crippen LogP) is 4.03. The van der Waals surface area contributed by atoms with Crippen molar-refractivity contribution in [3.8, 4) is 9.88 Å². The van der Waals surface area contributed by atoms with Crippen LogP contribution in [0.1, 0.15) is 31.4 Å². The second-order valence-electron chi connectivity index (χ2n) is 6.83. The van der Waals surface area contributed by atoms with Crippen LogP contribution in [0, 0.1) is 0 Å². The van der Waals surface area contributed by atoms with Gasteiger partial charge in [-0.15, -0.1) is 22.7 Å². The Bertz CT molecular complexity index is 644. The van der Waals surface area contributed by atoms with Crippen molar-refractivity contribution in [2.75, 3.05) is 26.9 Å². The fraction of sp³-hybridized carbons (Fsp3) is 0.611. The molecule has 2 saturated heterocycles. The summed E-state index contributed by atoms with van der Waals surface area (Å²) in [6.07, 6.45) is 4.31. The molecule has 0 amide bonds. The van der Waals surface area contributed by atoms with Crippen LogP contribution < -0.4 is 0 Å². The SMILES string of the molecule is CN(Cc1csc(-c2cccs2)n1)[C@@H]1CCOC2(CCOCC2)C1. The second-order valence-corrected chi connectivity index (χ2v) is 8.63. The predicted molar refractivity (Wildman–Crippen MR) is 98.7 cm³/mol. The monoisotopic (exact) mass is 364 g/mol. The lowest BCUT2D eigenvalue weighted by Gasteiger charge is -2.45. The summed E-state index contributed by atoms with van der Waals surface area (Å²) in [5, 5.41) is 5.45. The van der Waals surface area contributed by atoms with Crippen molar-refractivity contribution in [3.05, 3.63) is 28.6 Å². The lowest BCUT2D eigenvalue weighted by molar-refractivity contribution is -0.150. The Hall–Kier alpha value is -0.790. The summed E-state index contributed by atoms with van der Waals surface area (Å²) in [6, 6.07) is 4.80. The number of hydrogen-bond acceptors (Lipinski definition) is 6. The van der Waals surface area contributed by atoms with Gasteiger partial charge in [-0.05, 0) is 44.2 Å². The number of hydrogen-bond donors (Lipinski definition) is 0. The maximum Gasteiger partial charge on any atom is 0.133 e. The molecule has 2 aliphatic rings. The number of thiophene rings is 1. The van der Waals surface area contributed by atoms with Gasteiger partial charge in [-0.3, -0.25) is 4.90 Å². The third kappa shape index (κ3) is 3.58. The molecule has 1 atom stereocenters. The molecule has 6 heteroatoms. The summed E-state index contributed by atoms with van der Waals surface area (Å²) >= 11 is 3.51. The highest BCUT2D eigenvalue weighted by Gasteiger charge is 2.40. The second kappa shape index (κ2) is 7.22. The molecular formula is C18H24N2O2S2. The number of aromatic nitrogens is 1. The van der Waals surface area contributed by atoms with Gasteiger partial charge in [0.05, 0.1) is 16.2 Å². The van der Waals surface area contributed by atoms with Crippen LogP contribution in [0.3, 0.4) is 0 Å². The highest BCUT2D eigenvalue weighted by molar-refractivity contribution is 7.20. The van der Waals surface area contributed by atoms with Crippen molar-refractivity contribution < 1.29 is 9.47 Å². The third-order valence-electron chi connectivity index (χ3n) is 5.19. The molecule has 4 nitrogen and oxygen atoms in total. The lowest BCUT2D eigenvalue weighted by atomic mass is 9.83. The first-order chi connectivity index (χ1) is 11.7. The average molecular weight is 365 g/mol. The van der Waals surface area contributed by atoms with E-state index in [1.807, 2.05) is 0 Å². The molecule has 1 spiro atoms. The number of thiazole rings is 1. The number of ether oxygens (including phenoxy) is 2. The molecule has 0 N–H and O–H groups in total. The first-order valence-electron chi connectivity index (χ1n) is 8.64. The van der Waals surface area contributed by atoms with E-state index >= 15 is 0 Å². The molecule has 130 valence electrons. The van der Waals surface area contributed by atoms with Crippen molar-refractivity contribution >= 4 is 22.7 Å². The highest BCUT2D eigenvalue weighted by atomic mass is 32.1. The van der Waals surface area contributed by atoms with Crippen LogP contribution in [0.4, 0.5) is 0 Å². The van der Waals surface area contributed by atoms with E-state index in [9.17, 15) is 0 Å². The van der Waals surface area contributed by atoms with Gasteiger partial charge in [0.25, 0.3) is 0 Å². The van der Waals surface area contributed by atoms with Crippen LogP contribution in [-0.4, -0.2) is 48.4 Å². The van der Waals surface area contributed by atoms with Crippen LogP contribution in [0.15, 0.2) is 22.9 Å². The molecule has 2 aromatic heterocycles. The first kappa shape index (κ1) is 16.7. The molecule has 4 rings (SSSR count). The van der Waals surface area contributed by atoms with Crippen LogP contribution in [-0.2, 0) is 16.0 Å². The molecule has 0 bridgehead atoms. The van der Waals surface area contributed by atoms with E-state index in [1.165, 1.54) is 10.6 Å². The van der Waals surface area contributed by atoms with Crippen LogP contribution >= 0.6 is 22.7 Å². The van der Waals surface area contributed by atoms with E-state index in [-0.39, 0.29) is 5.60 Å². The minimum atomic E-state index is 0.0552. The Kier molecular flexibility index (Phi) is 5.01. The van der Waals surface area contributed by atoms with Gasteiger partial charge in [0.15, 0.2) is 0 Å². The Morgan fingerprint density at radius 3 is 2.96 bits per heavy atom. The summed E-state index contributed by atoms with van der Waals surface area (Å²) < 4.78 is 11.7. The summed E-state index contributed by atoms with van der Waals surface area (Å²) in [7, 11) is 2.23. The smallest absolute Gasteiger partial charge is 0.133 e. The lowest BCUT2D eigenvalue weighted by Crippen LogP contribution is -2.50. The van der Waals surface area contributed by atoms with Crippen molar-refractivity contribution in [2.45, 2.75) is 43.9 Å². The van der Waals surface area contributed by atoms with Gasteiger partial charge in [0.1, 0.15) is 5.01 Å². The molecule has 0 aliphatic carbocycles. The van der Waals surface area contributed by atoms with E-state index < -0.39 is 0 Å². The molecule has 2 fully saturated rings. The molecule has 2 aliphatic heterocycles. The fourth-order valence-corrected chi connectivity index (χ4v) is 5.37. The van der Waals surface area contributed by atoms with Crippen LogP contribution in [0.25, 0.3) is 9.88 Å². The third-order valence-corrected chi connectivity index (χ3v) is 7.12. The van der Waals surface area contributed by atoms with Gasteiger partial charge < -0.3 is 9.47 Å². The van der Waals surface area contributed by atoms with Crippen molar-refractivity contribution in [1.29, 1.82) is 0 Å². The molecule has 0 unspecified atom stereocenters. The van der Waals surface area contributed by atoms with Gasteiger partial charge in [-0.1, -0.05) is 6.07 Å². The molecule has 0 aromatic carbocycles. The fourth-order valence-electron chi connectivity index (χ4n) is 3.75. The average Bonchev–Trinajstić information content (AvgIpc) is 3.27. The van der Waals surface area contributed by atoms with Gasteiger partial charge in [0.2, 0.25) is 0 Å². The summed E-state index contributed by atoms with van der Waals surface area (Å²) in [4.78, 5) is 8.56. The minimum absolute atomic E-state index is 0.0552. The molecule has 2 aromatic rings. The van der Waals surface area contributed by atoms with Crippen molar-refractivity contribution in [2.24, 2.45) is 0 Å². The Labute approximate surface area is 151 Å². The molecule has 4 heterocycles. The van der Waals surface area contributed by atoms with Gasteiger partial charge in [-0.2, -0.15) is 0 Å². The topological polar surface area (TPSA) is 34.6 Å². The maximum atomic E-state index is 6.17. The standard InChI is InChI=1S/C18H24N2O2S2/c1-20(12-14-13-24-17(19-14)16-3-2-10-23-16)15-4-7-22-18(11-15)5-8-21-9-6-18/h2-3,10,13,15H,4-9,11-12H2,1H3/t15-/m1/s1. The molecule has 0 radical (unpaired) electrons. The van der Waals surface area contributed by atoms with E-state index in [0.717, 1.165) is 57.1 Å². The van der Waals surface area contributed by atoms with Crippen molar-refractivity contribution in [3.63, 3.8) is 0 Å². The molecule has 24 heavy (non-hydrogen) atoms. The zero-order chi connectivity index (χ0) is 16.4. The largest absolute Gasteiger partial charge is 0.381 e. The first-order valence-corrected chi connectivity index (χ1v) is 10.4. The van der Waals surface area contributed by atoms with Gasteiger partial charge in [0, 0.05) is 37.8 Å². The Morgan fingerprint density at radius 1 is 1.29 bits per heavy atom. The van der Waals surface area contributed by atoms with Crippen LogP contribution in [0.5, 0.6) is 0 Å². The molecular weight excluding hydrogens is 340 g/mol. The van der Waals surface area contributed by atoms with Crippen LogP contribution in [0.2, 0.25) is 0 Å². The zero-order valence-electron chi connectivity index (χ0n) is 14.1. The highest BCUT2D eigenvalue weighted by Crippen LogP contribution is 2.36. The van der Waals surface area contributed by atoms with Crippen molar-refractivity contribution in [1.82, 2.24) is 9.88 Å². The van der Waals surface area contributed by atoms with E-state index in [0.29, 0.717) is 6.04 Å². The van der Waals surface area contributed by atoms with Gasteiger partial charge in [-0.25, -0.2) is 4.98 Å². The minimum Gasteiger partial charge on any atom is -0.381 e. The van der Waals surface area contributed by atoms with E-state index in [4.69, 9.17) is 14.5 Å². The van der Waals surface area contributed by atoms with E-state index in [1.54, 1.807) is 22.7 Å². The molecule has 0 saturated carbocycles. The number of rotatable bonds is 4. The zero-order valence-corrected chi connectivity index (χ0v) is 15.7. The Morgan fingerprint density at radius 2 is 2.17 bits per heavy atom. The summed E-state index contributed by atoms with van der Waals surface area (Å²) in [6.45, 7) is 3.46. The summed E-state index contributed by atoms with van der Waals surface area (Å²) in [5.41, 5.74) is 1.23. The van der Waals surface area contributed by atoms with Gasteiger partial charge >= 0.3 is 0 Å². The number of nitrogens with zero attached hydrogens (tertiary/aromatic N) is 2. The van der Waals surface area contributed by atoms with E-state index in [2.05, 4.69) is 34.8 Å². The summed E-state index contributed by atoms with van der Waals surface area (Å²) in [5.74, 6) is 0. The Balaban J connectivity index is 1.39. The quantitative estimate of drug-likeness (QED) is 0.820. The maximum absolute atomic E-state index is 6.17. The normalized spacial score (nSPS) is 23.8.